The summed E-state index contributed by atoms with van der Waals surface area (Å²) in [6, 6.07) is 0.426. The van der Waals surface area contributed by atoms with Crippen molar-refractivity contribution in [1.29, 1.82) is 0 Å². The van der Waals surface area contributed by atoms with Crippen LogP contribution in [0.25, 0.3) is 0 Å². The molecule has 2 rings (SSSR count). The Morgan fingerprint density at radius 3 is 2.60 bits per heavy atom. The van der Waals surface area contributed by atoms with Crippen molar-refractivity contribution >= 4 is 17.7 Å². The summed E-state index contributed by atoms with van der Waals surface area (Å²) in [5.74, 6) is 3.49. The van der Waals surface area contributed by atoms with Crippen LogP contribution in [0.2, 0.25) is 0 Å². The van der Waals surface area contributed by atoms with Crippen molar-refractivity contribution in [3.05, 3.63) is 0 Å². The van der Waals surface area contributed by atoms with Crippen LogP contribution in [0.4, 0.5) is 0 Å². The van der Waals surface area contributed by atoms with Crippen molar-refractivity contribution in [2.45, 2.75) is 38.1 Å². The van der Waals surface area contributed by atoms with E-state index in [1.807, 2.05) is 11.8 Å². The maximum Gasteiger partial charge on any atom is 0.226 e. The summed E-state index contributed by atoms with van der Waals surface area (Å²) < 4.78 is 5.19. The Hall–Kier alpha value is -0.260. The molecule has 1 aliphatic heterocycles. The number of carbonyl (C=O) groups is 1. The molecular weight excluding hydrogens is 272 g/mol. The number of amides is 1. The molecule has 0 spiro atoms. The number of nitrogens with two attached hydrogens (primary N) is 1. The van der Waals surface area contributed by atoms with Gasteiger partial charge in [-0.15, -0.1) is 0 Å². The number of thioether (sulfide) groups is 1. The Bertz CT molecular complexity index is 300. The molecule has 1 saturated heterocycles. The highest BCUT2D eigenvalue weighted by atomic mass is 32.2. The SMILES string of the molecule is COCCN(C(=O)C1CCC(CN)CC1)C1CCSC1. The lowest BCUT2D eigenvalue weighted by Crippen LogP contribution is -2.46. The van der Waals surface area contributed by atoms with Gasteiger partial charge in [0.2, 0.25) is 5.91 Å². The first-order chi connectivity index (χ1) is 9.76. The molecule has 0 aromatic rings. The van der Waals surface area contributed by atoms with E-state index in [1.165, 1.54) is 5.75 Å². The predicted molar refractivity (Wildman–Crippen MR) is 83.8 cm³/mol. The van der Waals surface area contributed by atoms with Gasteiger partial charge in [-0.3, -0.25) is 4.79 Å². The normalized spacial score (nSPS) is 30.4. The summed E-state index contributed by atoms with van der Waals surface area (Å²) >= 11 is 1.96. The Kier molecular flexibility index (Phi) is 6.65. The minimum atomic E-state index is 0.222. The molecule has 1 unspecified atom stereocenters. The molecule has 2 fully saturated rings. The molecule has 1 amide bonds. The number of hydrogen-bond acceptors (Lipinski definition) is 4. The Morgan fingerprint density at radius 2 is 2.05 bits per heavy atom. The van der Waals surface area contributed by atoms with Gasteiger partial charge >= 0.3 is 0 Å². The minimum Gasteiger partial charge on any atom is -0.383 e. The summed E-state index contributed by atoms with van der Waals surface area (Å²) in [6.07, 6.45) is 5.40. The number of ether oxygens (including phenoxy) is 1. The molecule has 1 saturated carbocycles. The van der Waals surface area contributed by atoms with Crippen molar-refractivity contribution in [3.8, 4) is 0 Å². The molecule has 1 atom stereocenters. The lowest BCUT2D eigenvalue weighted by atomic mass is 9.81. The maximum absolute atomic E-state index is 12.8. The zero-order chi connectivity index (χ0) is 14.4. The van der Waals surface area contributed by atoms with E-state index in [-0.39, 0.29) is 5.92 Å². The van der Waals surface area contributed by atoms with Crippen molar-refractivity contribution in [3.63, 3.8) is 0 Å². The van der Waals surface area contributed by atoms with E-state index in [0.717, 1.165) is 50.9 Å². The highest BCUT2D eigenvalue weighted by Gasteiger charge is 2.33. The average molecular weight is 300 g/mol. The van der Waals surface area contributed by atoms with Gasteiger partial charge in [0, 0.05) is 31.4 Å². The lowest BCUT2D eigenvalue weighted by Gasteiger charge is -2.34. The third kappa shape index (κ3) is 4.12. The number of carbonyl (C=O) groups excluding carboxylic acids is 1. The molecule has 4 nitrogen and oxygen atoms in total. The number of nitrogens with zero attached hydrogens (tertiary/aromatic N) is 1. The molecule has 5 heteroatoms. The van der Waals surface area contributed by atoms with E-state index in [4.69, 9.17) is 10.5 Å². The first kappa shape index (κ1) is 16.1. The van der Waals surface area contributed by atoms with E-state index in [9.17, 15) is 4.79 Å². The van der Waals surface area contributed by atoms with Crippen LogP contribution in [0.3, 0.4) is 0 Å². The summed E-state index contributed by atoms with van der Waals surface area (Å²) in [4.78, 5) is 14.9. The van der Waals surface area contributed by atoms with E-state index >= 15 is 0 Å². The van der Waals surface area contributed by atoms with Crippen LogP contribution >= 0.6 is 11.8 Å². The fourth-order valence-electron chi connectivity index (χ4n) is 3.31. The zero-order valence-electron chi connectivity index (χ0n) is 12.6. The van der Waals surface area contributed by atoms with E-state index in [2.05, 4.69) is 4.90 Å². The van der Waals surface area contributed by atoms with E-state index in [0.29, 0.717) is 24.5 Å². The minimum absolute atomic E-state index is 0.222. The van der Waals surface area contributed by atoms with Gasteiger partial charge in [-0.1, -0.05) is 0 Å². The summed E-state index contributed by atoms with van der Waals surface area (Å²) in [5, 5.41) is 0. The van der Waals surface area contributed by atoms with Gasteiger partial charge in [-0.25, -0.2) is 0 Å². The van der Waals surface area contributed by atoms with Gasteiger partial charge in [-0.2, -0.15) is 11.8 Å². The molecule has 2 N–H and O–H groups in total. The molecule has 1 heterocycles. The summed E-state index contributed by atoms with van der Waals surface area (Å²) in [5.41, 5.74) is 5.74. The predicted octanol–water partition coefficient (Wildman–Crippen LogP) is 1.73. The second-order valence-electron chi connectivity index (χ2n) is 6.00. The van der Waals surface area contributed by atoms with Crippen molar-refractivity contribution in [1.82, 2.24) is 4.90 Å². The van der Waals surface area contributed by atoms with Crippen molar-refractivity contribution < 1.29 is 9.53 Å². The van der Waals surface area contributed by atoms with Gasteiger partial charge in [0.25, 0.3) is 0 Å². The first-order valence-corrected chi connectivity index (χ1v) is 8.99. The maximum atomic E-state index is 12.8. The second-order valence-corrected chi connectivity index (χ2v) is 7.15. The van der Waals surface area contributed by atoms with Gasteiger partial charge < -0.3 is 15.4 Å². The second kappa shape index (κ2) is 8.25. The van der Waals surface area contributed by atoms with Crippen LogP contribution in [-0.4, -0.2) is 55.2 Å². The van der Waals surface area contributed by atoms with Crippen LogP contribution in [0.15, 0.2) is 0 Å². The number of hydrogen-bond donors (Lipinski definition) is 1. The van der Waals surface area contributed by atoms with Gasteiger partial charge in [0.05, 0.1) is 6.61 Å². The Morgan fingerprint density at radius 1 is 1.30 bits per heavy atom. The van der Waals surface area contributed by atoms with E-state index in [1.54, 1.807) is 7.11 Å². The number of rotatable bonds is 6. The molecule has 0 radical (unpaired) electrons. The first-order valence-electron chi connectivity index (χ1n) is 7.83. The standard InChI is InChI=1S/C15H28N2O2S/c1-19-8-7-17(14-6-9-20-11-14)15(18)13-4-2-12(10-16)3-5-13/h12-14H,2-11,16H2,1H3. The van der Waals surface area contributed by atoms with Gasteiger partial charge in [0.15, 0.2) is 0 Å². The van der Waals surface area contributed by atoms with Crippen LogP contribution in [0.1, 0.15) is 32.1 Å². The highest BCUT2D eigenvalue weighted by molar-refractivity contribution is 7.99. The van der Waals surface area contributed by atoms with Crippen LogP contribution in [-0.2, 0) is 9.53 Å². The zero-order valence-corrected chi connectivity index (χ0v) is 13.4. The third-order valence-electron chi connectivity index (χ3n) is 4.70. The molecule has 0 aromatic heterocycles. The Balaban J connectivity index is 1.91. The lowest BCUT2D eigenvalue weighted by molar-refractivity contribution is -0.139. The average Bonchev–Trinajstić information content (AvgIpc) is 3.01. The molecule has 116 valence electrons. The van der Waals surface area contributed by atoms with E-state index < -0.39 is 0 Å². The summed E-state index contributed by atoms with van der Waals surface area (Å²) in [7, 11) is 1.71. The quantitative estimate of drug-likeness (QED) is 0.812. The van der Waals surface area contributed by atoms with Crippen molar-refractivity contribution in [2.24, 2.45) is 17.6 Å². The fourth-order valence-corrected chi connectivity index (χ4v) is 4.53. The van der Waals surface area contributed by atoms with Crippen LogP contribution in [0.5, 0.6) is 0 Å². The fraction of sp³-hybridized carbons (Fsp3) is 0.933. The highest BCUT2D eigenvalue weighted by Crippen LogP contribution is 2.31. The molecule has 0 aromatic carbocycles. The van der Waals surface area contributed by atoms with Gasteiger partial charge in [-0.05, 0) is 50.3 Å². The number of methoxy groups -OCH3 is 1. The third-order valence-corrected chi connectivity index (χ3v) is 5.84. The van der Waals surface area contributed by atoms with Gasteiger partial charge in [0.1, 0.15) is 0 Å². The smallest absolute Gasteiger partial charge is 0.226 e. The molecule has 0 bridgehead atoms. The largest absolute Gasteiger partial charge is 0.383 e. The molecule has 1 aliphatic carbocycles. The Labute approximate surface area is 126 Å². The summed E-state index contributed by atoms with van der Waals surface area (Å²) in [6.45, 7) is 2.16. The molecule has 20 heavy (non-hydrogen) atoms. The topological polar surface area (TPSA) is 55.6 Å². The van der Waals surface area contributed by atoms with Crippen LogP contribution < -0.4 is 5.73 Å². The van der Waals surface area contributed by atoms with Crippen LogP contribution in [0, 0.1) is 11.8 Å². The van der Waals surface area contributed by atoms with Crippen molar-refractivity contribution in [2.75, 3.05) is 38.3 Å². The monoisotopic (exact) mass is 300 g/mol. The molecule has 2 aliphatic rings. The molecular formula is C15H28N2O2S.